The minimum absolute atomic E-state index is 0.00290. The normalized spacial score (nSPS) is 19.0. The van der Waals surface area contributed by atoms with E-state index in [1.54, 1.807) is 36.4 Å². The van der Waals surface area contributed by atoms with Gasteiger partial charge < -0.3 is 29.5 Å². The Morgan fingerprint density at radius 1 is 1.15 bits per heavy atom. The monoisotopic (exact) mass is 558 g/mol. The van der Waals surface area contributed by atoms with E-state index in [4.69, 9.17) is 14.9 Å². The van der Waals surface area contributed by atoms with Crippen LogP contribution in [-0.2, 0) is 17.9 Å². The van der Waals surface area contributed by atoms with Crippen LogP contribution >= 0.6 is 0 Å². The second kappa shape index (κ2) is 10.4. The lowest BCUT2D eigenvalue weighted by Crippen LogP contribution is -2.46. The van der Waals surface area contributed by atoms with E-state index in [9.17, 15) is 24.3 Å². The molecule has 1 saturated heterocycles. The van der Waals surface area contributed by atoms with Crippen LogP contribution in [0.5, 0.6) is 11.5 Å². The molecule has 5 heterocycles. The molecule has 11 nitrogen and oxygen atoms in total. The smallest absolute Gasteiger partial charge is 0.252 e. The Balaban J connectivity index is 1.35. The molecule has 1 amide bonds. The molecule has 3 unspecified atom stereocenters. The molecular formula is C30H30N4O7. The van der Waals surface area contributed by atoms with Gasteiger partial charge >= 0.3 is 0 Å². The molecule has 4 aromatic rings. The molecule has 3 atom stereocenters. The molecule has 4 N–H and O–H groups in total. The highest BCUT2D eigenvalue weighted by molar-refractivity contribution is 5.81. The first-order valence-corrected chi connectivity index (χ1v) is 13.5. The lowest BCUT2D eigenvalue weighted by molar-refractivity contribution is -0.118. The molecule has 2 aliphatic rings. The fourth-order valence-electron chi connectivity index (χ4n) is 6.34. The van der Waals surface area contributed by atoms with Gasteiger partial charge in [0.2, 0.25) is 17.1 Å². The standard InChI is InChI=1S/C30H30N4O7/c1-40-19-6-5-17-8-22(30(39)32-23(17)9-19)21(11-26(31)36)29-28(38)25(35)10-20(41-29)15-33-12-16-7-18(14-33)24-3-2-4-27(37)34(24)13-16/h2-6,8-10,16,18,21,38H,7,11-15H2,1H3,(H2,31,36)(H,32,39). The Hall–Kier alpha value is -4.64. The highest BCUT2D eigenvalue weighted by Gasteiger charge is 2.35. The largest absolute Gasteiger partial charge is 0.502 e. The average molecular weight is 559 g/mol. The van der Waals surface area contributed by atoms with Crippen LogP contribution in [0.3, 0.4) is 0 Å². The van der Waals surface area contributed by atoms with Crippen molar-refractivity contribution in [3.63, 3.8) is 0 Å². The highest BCUT2D eigenvalue weighted by Crippen LogP contribution is 2.37. The van der Waals surface area contributed by atoms with Crippen LogP contribution in [0.25, 0.3) is 10.9 Å². The second-order valence-corrected chi connectivity index (χ2v) is 10.9. The Morgan fingerprint density at radius 2 is 1.98 bits per heavy atom. The molecule has 6 rings (SSSR count). The number of hydrogen-bond acceptors (Lipinski definition) is 8. The minimum Gasteiger partial charge on any atom is -0.502 e. The first-order chi connectivity index (χ1) is 19.7. The quantitative estimate of drug-likeness (QED) is 0.310. The molecule has 1 aromatic carbocycles. The van der Waals surface area contributed by atoms with Gasteiger partial charge in [-0.3, -0.25) is 24.1 Å². The van der Waals surface area contributed by atoms with Gasteiger partial charge in [-0.2, -0.15) is 0 Å². The Labute approximate surface area is 233 Å². The van der Waals surface area contributed by atoms with Gasteiger partial charge in [-0.25, -0.2) is 0 Å². The zero-order chi connectivity index (χ0) is 28.8. The predicted molar refractivity (Wildman–Crippen MR) is 150 cm³/mol. The molecule has 2 aliphatic heterocycles. The topological polar surface area (TPSA) is 161 Å². The van der Waals surface area contributed by atoms with E-state index in [-0.39, 0.29) is 41.7 Å². The number of primary amides is 1. The van der Waals surface area contributed by atoms with Crippen LogP contribution in [-0.4, -0.2) is 45.7 Å². The summed E-state index contributed by atoms with van der Waals surface area (Å²) in [5.74, 6) is -1.38. The maximum atomic E-state index is 13.2. The van der Waals surface area contributed by atoms with Gasteiger partial charge in [0.25, 0.3) is 11.1 Å². The number of carbonyl (C=O) groups excluding carboxylic acids is 1. The summed E-state index contributed by atoms with van der Waals surface area (Å²) in [6.07, 6.45) is 0.617. The lowest BCUT2D eigenvalue weighted by Gasteiger charge is -2.42. The zero-order valence-electron chi connectivity index (χ0n) is 22.5. The molecular weight excluding hydrogens is 528 g/mol. The number of nitrogens with two attached hydrogens (primary N) is 1. The van der Waals surface area contributed by atoms with Crippen LogP contribution in [0.15, 0.2) is 67.3 Å². The molecule has 1 fully saturated rings. The number of pyridine rings is 2. The van der Waals surface area contributed by atoms with Crippen LogP contribution in [0, 0.1) is 5.92 Å². The van der Waals surface area contributed by atoms with Gasteiger partial charge in [-0.1, -0.05) is 6.07 Å². The third kappa shape index (κ3) is 5.04. The van der Waals surface area contributed by atoms with Gasteiger partial charge in [0.1, 0.15) is 11.5 Å². The summed E-state index contributed by atoms with van der Waals surface area (Å²) < 4.78 is 13.2. The van der Waals surface area contributed by atoms with Gasteiger partial charge in [0.05, 0.1) is 25.1 Å². The third-order valence-electron chi connectivity index (χ3n) is 8.11. The number of likely N-dealkylation sites (tertiary alicyclic amines) is 1. The number of hydrogen-bond donors (Lipinski definition) is 3. The Bertz CT molecular complexity index is 1840. The summed E-state index contributed by atoms with van der Waals surface area (Å²) in [6.45, 7) is 2.28. The van der Waals surface area contributed by atoms with E-state index >= 15 is 0 Å². The zero-order valence-corrected chi connectivity index (χ0v) is 22.5. The van der Waals surface area contributed by atoms with Crippen molar-refractivity contribution in [3.05, 3.63) is 102 Å². The van der Waals surface area contributed by atoms with E-state index in [0.29, 0.717) is 42.0 Å². The van der Waals surface area contributed by atoms with Gasteiger partial charge in [0.15, 0.2) is 5.76 Å². The van der Waals surface area contributed by atoms with Crippen molar-refractivity contribution < 1.29 is 19.1 Å². The number of aromatic hydroxyl groups is 1. The number of carbonyl (C=O) groups is 1. The highest BCUT2D eigenvalue weighted by atomic mass is 16.5. The number of rotatable bonds is 7. The van der Waals surface area contributed by atoms with E-state index in [2.05, 4.69) is 9.88 Å². The summed E-state index contributed by atoms with van der Waals surface area (Å²) >= 11 is 0. The summed E-state index contributed by atoms with van der Waals surface area (Å²) in [5, 5.41) is 11.4. The number of fused-ring (bicyclic) bond motifs is 5. The fourth-order valence-corrected chi connectivity index (χ4v) is 6.34. The Morgan fingerprint density at radius 3 is 2.76 bits per heavy atom. The summed E-state index contributed by atoms with van der Waals surface area (Å²) in [4.78, 5) is 55.5. The van der Waals surface area contributed by atoms with E-state index in [1.807, 2.05) is 10.6 Å². The third-order valence-corrected chi connectivity index (χ3v) is 8.11. The van der Waals surface area contributed by atoms with Gasteiger partial charge in [-0.15, -0.1) is 0 Å². The number of benzene rings is 1. The molecule has 3 aromatic heterocycles. The van der Waals surface area contributed by atoms with Crippen molar-refractivity contribution in [1.82, 2.24) is 14.5 Å². The van der Waals surface area contributed by atoms with Gasteiger partial charge in [-0.05, 0) is 42.0 Å². The molecule has 2 bridgehead atoms. The van der Waals surface area contributed by atoms with Crippen LogP contribution in [0.4, 0.5) is 0 Å². The summed E-state index contributed by atoms with van der Waals surface area (Å²) in [5.41, 5.74) is 6.02. The predicted octanol–water partition coefficient (Wildman–Crippen LogP) is 1.98. The fraction of sp³-hybridized carbons (Fsp3) is 0.333. The number of nitrogens with one attached hydrogen (secondary N) is 1. The molecule has 0 saturated carbocycles. The SMILES string of the molecule is COc1ccc2cc(C(CC(N)=O)c3oc(CN4CC5CC(C4)c4cccc(=O)n4C5)cc(=O)c3O)c(=O)[nH]c2c1. The van der Waals surface area contributed by atoms with Crippen LogP contribution in [0.1, 0.15) is 47.5 Å². The van der Waals surface area contributed by atoms with E-state index < -0.39 is 28.6 Å². The lowest BCUT2D eigenvalue weighted by atomic mass is 9.83. The number of amides is 1. The molecule has 41 heavy (non-hydrogen) atoms. The number of aromatic amines is 1. The number of ether oxygens (including phenoxy) is 1. The number of piperidine rings is 1. The van der Waals surface area contributed by atoms with Crippen molar-refractivity contribution >= 4 is 16.8 Å². The van der Waals surface area contributed by atoms with E-state index in [1.165, 1.54) is 13.2 Å². The minimum atomic E-state index is -1.09. The summed E-state index contributed by atoms with van der Waals surface area (Å²) in [6, 6.07) is 13.3. The Kier molecular flexibility index (Phi) is 6.74. The maximum Gasteiger partial charge on any atom is 0.252 e. The number of aromatic nitrogens is 2. The van der Waals surface area contributed by atoms with Crippen molar-refractivity contribution in [1.29, 1.82) is 0 Å². The molecule has 11 heteroatoms. The first kappa shape index (κ1) is 26.6. The molecule has 212 valence electrons. The molecule has 0 spiro atoms. The first-order valence-electron chi connectivity index (χ1n) is 13.5. The summed E-state index contributed by atoms with van der Waals surface area (Å²) in [7, 11) is 1.52. The number of methoxy groups -OCH3 is 1. The second-order valence-electron chi connectivity index (χ2n) is 10.9. The van der Waals surface area contributed by atoms with E-state index in [0.717, 1.165) is 12.1 Å². The van der Waals surface area contributed by atoms with Crippen LogP contribution < -0.4 is 27.0 Å². The average Bonchev–Trinajstić information content (AvgIpc) is 2.93. The molecule has 0 aliphatic carbocycles. The van der Waals surface area contributed by atoms with Crippen LogP contribution in [0.2, 0.25) is 0 Å². The maximum absolute atomic E-state index is 13.2. The van der Waals surface area contributed by atoms with Crippen molar-refractivity contribution in [2.45, 2.75) is 37.8 Å². The van der Waals surface area contributed by atoms with Crippen molar-refractivity contribution in [3.8, 4) is 11.5 Å². The number of nitrogens with zero attached hydrogens (tertiary/aromatic N) is 2. The van der Waals surface area contributed by atoms with Crippen molar-refractivity contribution in [2.24, 2.45) is 11.7 Å². The van der Waals surface area contributed by atoms with Gasteiger partial charge in [0, 0.05) is 61.4 Å². The molecule has 0 radical (unpaired) electrons. The van der Waals surface area contributed by atoms with Crippen molar-refractivity contribution in [2.75, 3.05) is 20.2 Å². The number of H-pyrrole nitrogens is 1.